The molecule has 112 valence electrons. The lowest BCUT2D eigenvalue weighted by Gasteiger charge is -2.14. The molecular weight excluding hydrogens is 346 g/mol. The summed E-state index contributed by atoms with van der Waals surface area (Å²) in [4.78, 5) is 10.8. The number of nitrogens with zero attached hydrogens (tertiary/aromatic N) is 2. The van der Waals surface area contributed by atoms with Crippen molar-refractivity contribution in [3.63, 3.8) is 0 Å². The van der Waals surface area contributed by atoms with E-state index in [1.165, 1.54) is 30.5 Å². The Morgan fingerprint density at radius 1 is 1.19 bits per heavy atom. The molecule has 5 heteroatoms. The van der Waals surface area contributed by atoms with Crippen LogP contribution in [0.3, 0.4) is 0 Å². The molecule has 0 spiro atoms. The predicted octanol–water partition coefficient (Wildman–Crippen LogP) is 5.06. The number of aromatic nitrogens is 2. The minimum Gasteiger partial charge on any atom is -0.370 e. The molecule has 0 aliphatic heterocycles. The quantitative estimate of drug-likeness (QED) is 0.769. The number of hydrogen-bond donors (Lipinski definition) is 1. The fourth-order valence-electron chi connectivity index (χ4n) is 2.71. The molecule has 0 amide bonds. The molecular formula is C16H20BrN3S. The van der Waals surface area contributed by atoms with Gasteiger partial charge in [-0.1, -0.05) is 13.3 Å². The highest BCUT2D eigenvalue weighted by Crippen LogP contribution is 2.32. The summed E-state index contributed by atoms with van der Waals surface area (Å²) in [5.41, 5.74) is 2.60. The van der Waals surface area contributed by atoms with Crippen molar-refractivity contribution in [2.24, 2.45) is 0 Å². The average molecular weight is 366 g/mol. The fraction of sp³-hybridized carbons (Fsp3) is 0.500. The van der Waals surface area contributed by atoms with Gasteiger partial charge in [-0.15, -0.1) is 11.3 Å². The van der Waals surface area contributed by atoms with Gasteiger partial charge in [-0.2, -0.15) is 0 Å². The normalized spacial score (nSPS) is 14.6. The maximum absolute atomic E-state index is 4.86. The molecule has 0 saturated heterocycles. The monoisotopic (exact) mass is 365 g/mol. The van der Waals surface area contributed by atoms with Crippen LogP contribution in [0, 0.1) is 0 Å². The van der Waals surface area contributed by atoms with Gasteiger partial charge < -0.3 is 5.32 Å². The van der Waals surface area contributed by atoms with Crippen LogP contribution in [0.4, 0.5) is 5.82 Å². The zero-order valence-electron chi connectivity index (χ0n) is 12.3. The molecule has 1 N–H and O–H groups in total. The fourth-order valence-corrected chi connectivity index (χ4v) is 4.03. The Balaban J connectivity index is 2.03. The van der Waals surface area contributed by atoms with Crippen LogP contribution in [-0.4, -0.2) is 16.5 Å². The summed E-state index contributed by atoms with van der Waals surface area (Å²) >= 11 is 5.22. The summed E-state index contributed by atoms with van der Waals surface area (Å²) in [7, 11) is 0. The summed E-state index contributed by atoms with van der Waals surface area (Å²) in [6.45, 7) is 3.15. The molecule has 0 atom stereocenters. The molecule has 2 heterocycles. The third kappa shape index (κ3) is 3.46. The van der Waals surface area contributed by atoms with Crippen molar-refractivity contribution in [2.75, 3.05) is 11.9 Å². The first-order valence-electron chi connectivity index (χ1n) is 7.67. The number of thiophene rings is 1. The van der Waals surface area contributed by atoms with Crippen LogP contribution < -0.4 is 5.32 Å². The van der Waals surface area contributed by atoms with Crippen LogP contribution in [0.2, 0.25) is 0 Å². The zero-order valence-corrected chi connectivity index (χ0v) is 14.7. The lowest BCUT2D eigenvalue weighted by Crippen LogP contribution is -2.10. The molecule has 0 bridgehead atoms. The molecule has 2 aromatic rings. The standard InChI is InChI=1S/C16H20BrN3S/c1-2-10-18-15-11-6-4-3-5-7-12(11)19-16(20-15)13-8-9-14(17)21-13/h8-9H,2-7,10H2,1H3,(H,18,19,20). The first-order chi connectivity index (χ1) is 10.3. The van der Waals surface area contributed by atoms with E-state index in [1.54, 1.807) is 11.3 Å². The van der Waals surface area contributed by atoms with E-state index in [4.69, 9.17) is 9.97 Å². The van der Waals surface area contributed by atoms with Gasteiger partial charge in [0.05, 0.1) is 8.66 Å². The van der Waals surface area contributed by atoms with Crippen molar-refractivity contribution < 1.29 is 0 Å². The lowest BCUT2D eigenvalue weighted by molar-refractivity contribution is 0.709. The molecule has 0 aromatic carbocycles. The van der Waals surface area contributed by atoms with E-state index in [0.717, 1.165) is 46.1 Å². The maximum atomic E-state index is 4.86. The predicted molar refractivity (Wildman–Crippen MR) is 93.1 cm³/mol. The number of hydrogen-bond acceptors (Lipinski definition) is 4. The van der Waals surface area contributed by atoms with Crippen molar-refractivity contribution in [3.05, 3.63) is 27.2 Å². The van der Waals surface area contributed by atoms with Gasteiger partial charge in [0.1, 0.15) is 5.82 Å². The van der Waals surface area contributed by atoms with E-state index >= 15 is 0 Å². The highest BCUT2D eigenvalue weighted by atomic mass is 79.9. The van der Waals surface area contributed by atoms with Crippen molar-refractivity contribution in [1.29, 1.82) is 0 Å². The first kappa shape index (κ1) is 15.0. The molecule has 3 nitrogen and oxygen atoms in total. The molecule has 3 rings (SSSR count). The van der Waals surface area contributed by atoms with Gasteiger partial charge in [-0.05, 0) is 60.2 Å². The van der Waals surface area contributed by atoms with Crippen LogP contribution in [-0.2, 0) is 12.8 Å². The molecule has 1 aliphatic carbocycles. The summed E-state index contributed by atoms with van der Waals surface area (Å²) < 4.78 is 1.12. The van der Waals surface area contributed by atoms with Crippen molar-refractivity contribution in [2.45, 2.75) is 45.4 Å². The van der Waals surface area contributed by atoms with Crippen molar-refractivity contribution >= 4 is 33.1 Å². The number of fused-ring (bicyclic) bond motifs is 1. The molecule has 0 saturated carbocycles. The largest absolute Gasteiger partial charge is 0.370 e. The zero-order chi connectivity index (χ0) is 14.7. The average Bonchev–Trinajstić information content (AvgIpc) is 2.78. The van der Waals surface area contributed by atoms with Gasteiger partial charge in [-0.3, -0.25) is 0 Å². The second-order valence-corrected chi connectivity index (χ2v) is 7.88. The Bertz CT molecular complexity index is 624. The Morgan fingerprint density at radius 3 is 2.81 bits per heavy atom. The Morgan fingerprint density at radius 2 is 2.05 bits per heavy atom. The second-order valence-electron chi connectivity index (χ2n) is 5.41. The highest BCUT2D eigenvalue weighted by Gasteiger charge is 2.17. The highest BCUT2D eigenvalue weighted by molar-refractivity contribution is 9.11. The molecule has 0 fully saturated rings. The summed E-state index contributed by atoms with van der Waals surface area (Å²) in [5, 5.41) is 3.51. The molecule has 2 aromatic heterocycles. The van der Waals surface area contributed by atoms with E-state index < -0.39 is 0 Å². The number of nitrogens with one attached hydrogen (secondary N) is 1. The summed E-state index contributed by atoms with van der Waals surface area (Å²) in [5.74, 6) is 1.92. The molecule has 21 heavy (non-hydrogen) atoms. The molecule has 0 radical (unpaired) electrons. The maximum Gasteiger partial charge on any atom is 0.171 e. The van der Waals surface area contributed by atoms with Gasteiger partial charge in [0.15, 0.2) is 5.82 Å². The number of anilines is 1. The first-order valence-corrected chi connectivity index (χ1v) is 9.28. The van der Waals surface area contributed by atoms with Crippen LogP contribution in [0.5, 0.6) is 0 Å². The van der Waals surface area contributed by atoms with Gasteiger partial charge in [0.2, 0.25) is 0 Å². The molecule has 0 unspecified atom stereocenters. The number of aryl methyl sites for hydroxylation is 1. The summed E-state index contributed by atoms with van der Waals surface area (Å²) in [6.07, 6.45) is 7.09. The number of halogens is 1. The van der Waals surface area contributed by atoms with Crippen molar-refractivity contribution in [1.82, 2.24) is 9.97 Å². The minimum absolute atomic E-state index is 0.866. The third-order valence-corrected chi connectivity index (χ3v) is 5.39. The van der Waals surface area contributed by atoms with E-state index in [0.29, 0.717) is 0 Å². The Hall–Kier alpha value is -0.940. The van der Waals surface area contributed by atoms with Crippen molar-refractivity contribution in [3.8, 4) is 10.7 Å². The lowest BCUT2D eigenvalue weighted by atomic mass is 10.1. The third-order valence-electron chi connectivity index (χ3n) is 3.77. The van der Waals surface area contributed by atoms with Gasteiger partial charge >= 0.3 is 0 Å². The Labute approximate surface area is 138 Å². The molecule has 1 aliphatic rings. The van der Waals surface area contributed by atoms with E-state index in [-0.39, 0.29) is 0 Å². The SMILES string of the molecule is CCCNc1nc(-c2ccc(Br)s2)nc2c1CCCCC2. The van der Waals surface area contributed by atoms with E-state index in [9.17, 15) is 0 Å². The van der Waals surface area contributed by atoms with Gasteiger partial charge in [0, 0.05) is 17.8 Å². The van der Waals surface area contributed by atoms with Gasteiger partial charge in [0.25, 0.3) is 0 Å². The second kappa shape index (κ2) is 6.88. The number of rotatable bonds is 4. The summed E-state index contributed by atoms with van der Waals surface area (Å²) in [6, 6.07) is 4.16. The van der Waals surface area contributed by atoms with Crippen LogP contribution in [0.25, 0.3) is 10.7 Å². The van der Waals surface area contributed by atoms with E-state index in [1.807, 2.05) is 0 Å². The Kier molecular flexibility index (Phi) is 4.91. The van der Waals surface area contributed by atoms with Crippen LogP contribution in [0.1, 0.15) is 43.9 Å². The minimum atomic E-state index is 0.866. The smallest absolute Gasteiger partial charge is 0.171 e. The topological polar surface area (TPSA) is 37.8 Å². The van der Waals surface area contributed by atoms with E-state index in [2.05, 4.69) is 40.3 Å². The van der Waals surface area contributed by atoms with Crippen LogP contribution >= 0.6 is 27.3 Å². The van der Waals surface area contributed by atoms with Gasteiger partial charge in [-0.25, -0.2) is 9.97 Å². The van der Waals surface area contributed by atoms with Crippen LogP contribution in [0.15, 0.2) is 15.9 Å².